The highest BCUT2D eigenvalue weighted by molar-refractivity contribution is 7.89. The zero-order chi connectivity index (χ0) is 25.2. The average molecular weight is 495 g/mol. The van der Waals surface area contributed by atoms with Gasteiger partial charge < -0.3 is 14.5 Å². The monoisotopic (exact) mass is 494 g/mol. The number of ketones is 1. The van der Waals surface area contributed by atoms with Gasteiger partial charge in [-0.1, -0.05) is 30.7 Å². The minimum absolute atomic E-state index is 0.139. The van der Waals surface area contributed by atoms with Gasteiger partial charge in [0.2, 0.25) is 15.8 Å². The van der Waals surface area contributed by atoms with E-state index >= 15 is 0 Å². The number of fused-ring (bicyclic) bond motifs is 1. The van der Waals surface area contributed by atoms with Crippen LogP contribution in [-0.4, -0.2) is 58.3 Å². The third-order valence-corrected chi connectivity index (χ3v) is 8.19. The number of para-hydroxylation sites is 2. The van der Waals surface area contributed by atoms with Crippen molar-refractivity contribution in [1.82, 2.24) is 4.31 Å². The number of carbonyl (C=O) groups is 2. The van der Waals surface area contributed by atoms with Crippen molar-refractivity contribution in [3.8, 4) is 6.07 Å². The van der Waals surface area contributed by atoms with Crippen LogP contribution in [0.4, 0.5) is 11.4 Å². The molecule has 1 saturated heterocycles. The van der Waals surface area contributed by atoms with Crippen molar-refractivity contribution in [2.75, 3.05) is 43.6 Å². The van der Waals surface area contributed by atoms with E-state index in [4.69, 9.17) is 4.74 Å². The second-order valence-corrected chi connectivity index (χ2v) is 10.3. The Kier molecular flexibility index (Phi) is 6.91. The summed E-state index contributed by atoms with van der Waals surface area (Å²) in [5.74, 6) is -1.24. The second-order valence-electron chi connectivity index (χ2n) is 8.38. The summed E-state index contributed by atoms with van der Waals surface area (Å²) in [6.45, 7) is 0.0980. The minimum Gasteiger partial charge on any atom is -0.454 e. The normalized spacial score (nSPS) is 16.0. The van der Waals surface area contributed by atoms with Gasteiger partial charge in [-0.15, -0.1) is 0 Å². The number of hydrogen-bond acceptors (Lipinski definition) is 8. The summed E-state index contributed by atoms with van der Waals surface area (Å²) in [6, 6.07) is 15.2. The van der Waals surface area contributed by atoms with Gasteiger partial charge in [-0.2, -0.15) is 9.57 Å². The molecule has 0 bridgehead atoms. The molecule has 10 heteroatoms. The average Bonchev–Trinajstić information content (AvgIpc) is 3.13. The SMILES string of the molecule is CN1C(=C(C#N)C(=O)COC(=O)c2ccccc2S(=O)(=O)N2CCCCC2)N(C)c2ccccc21. The van der Waals surface area contributed by atoms with E-state index in [1.165, 1.54) is 22.5 Å². The van der Waals surface area contributed by atoms with Gasteiger partial charge in [-0.05, 0) is 37.1 Å². The Balaban J connectivity index is 1.54. The maximum atomic E-state index is 13.1. The number of ether oxygens (including phenoxy) is 1. The number of carbonyl (C=O) groups excluding carboxylic acids is 2. The zero-order valence-electron chi connectivity index (χ0n) is 19.6. The lowest BCUT2D eigenvalue weighted by Crippen LogP contribution is -2.36. The van der Waals surface area contributed by atoms with Crippen molar-refractivity contribution < 1.29 is 22.7 Å². The Hall–Kier alpha value is -3.68. The van der Waals surface area contributed by atoms with Gasteiger partial charge in [-0.25, -0.2) is 13.2 Å². The molecule has 2 aromatic carbocycles. The van der Waals surface area contributed by atoms with Crippen molar-refractivity contribution >= 4 is 33.2 Å². The van der Waals surface area contributed by atoms with E-state index in [0.29, 0.717) is 18.9 Å². The van der Waals surface area contributed by atoms with Gasteiger partial charge in [0.25, 0.3) is 0 Å². The fourth-order valence-electron chi connectivity index (χ4n) is 4.44. The number of sulfonamides is 1. The van der Waals surface area contributed by atoms with E-state index in [1.807, 2.05) is 30.3 Å². The van der Waals surface area contributed by atoms with E-state index in [1.54, 1.807) is 30.0 Å². The highest BCUT2D eigenvalue weighted by atomic mass is 32.2. The van der Waals surface area contributed by atoms with E-state index in [9.17, 15) is 23.3 Å². The topological polar surface area (TPSA) is 111 Å². The fraction of sp³-hybridized carbons (Fsp3) is 0.320. The van der Waals surface area contributed by atoms with Crippen molar-refractivity contribution in [2.45, 2.75) is 24.2 Å². The minimum atomic E-state index is -3.88. The lowest BCUT2D eigenvalue weighted by molar-refractivity contribution is -0.118. The molecule has 0 spiro atoms. The van der Waals surface area contributed by atoms with Crippen molar-refractivity contribution in [3.05, 3.63) is 65.5 Å². The first-order valence-corrected chi connectivity index (χ1v) is 12.7. The van der Waals surface area contributed by atoms with E-state index < -0.39 is 28.4 Å². The molecule has 0 aliphatic carbocycles. The van der Waals surface area contributed by atoms with E-state index in [-0.39, 0.29) is 16.0 Å². The molecule has 2 aliphatic rings. The van der Waals surface area contributed by atoms with Crippen molar-refractivity contribution in [1.29, 1.82) is 5.26 Å². The Bertz CT molecular complexity index is 1310. The number of benzene rings is 2. The molecule has 0 aromatic heterocycles. The summed E-state index contributed by atoms with van der Waals surface area (Å²) in [7, 11) is -0.391. The van der Waals surface area contributed by atoms with E-state index in [2.05, 4.69) is 0 Å². The summed E-state index contributed by atoms with van der Waals surface area (Å²) in [5, 5.41) is 9.74. The lowest BCUT2D eigenvalue weighted by atomic mass is 10.2. The number of esters is 1. The predicted molar refractivity (Wildman–Crippen MR) is 130 cm³/mol. The number of nitrogens with zero attached hydrogens (tertiary/aromatic N) is 4. The quantitative estimate of drug-likeness (QED) is 0.342. The third-order valence-electron chi connectivity index (χ3n) is 6.23. The number of hydrogen-bond donors (Lipinski definition) is 0. The van der Waals surface area contributed by atoms with Crippen molar-refractivity contribution in [3.63, 3.8) is 0 Å². The first kappa shape index (κ1) is 24.4. The van der Waals surface area contributed by atoms with Gasteiger partial charge in [0.1, 0.15) is 17.5 Å². The predicted octanol–water partition coefficient (Wildman–Crippen LogP) is 2.91. The number of piperidine rings is 1. The molecule has 2 aliphatic heterocycles. The molecule has 0 saturated carbocycles. The summed E-state index contributed by atoms with van der Waals surface area (Å²) >= 11 is 0. The summed E-state index contributed by atoms with van der Waals surface area (Å²) in [6.07, 6.45) is 2.49. The number of rotatable bonds is 6. The standard InChI is InChI=1S/C25H26N4O5S/c1-27-20-11-5-6-12-21(20)28(2)24(27)19(16-26)22(30)17-34-25(31)18-10-4-7-13-23(18)35(32,33)29-14-8-3-9-15-29/h4-7,10-13H,3,8-9,14-15,17H2,1-2H3. The smallest absolute Gasteiger partial charge is 0.339 e. The highest BCUT2D eigenvalue weighted by Crippen LogP contribution is 2.40. The van der Waals surface area contributed by atoms with Gasteiger partial charge in [-0.3, -0.25) is 4.79 Å². The number of Topliss-reactive ketones (excluding diaryl/α,β-unsaturated/α-hetero) is 1. The summed E-state index contributed by atoms with van der Waals surface area (Å²) in [4.78, 5) is 29.1. The molecule has 0 N–H and O–H groups in total. The van der Waals surface area contributed by atoms with Crippen LogP contribution in [0.1, 0.15) is 29.6 Å². The molecule has 1 fully saturated rings. The zero-order valence-corrected chi connectivity index (χ0v) is 20.4. The number of anilines is 2. The van der Waals surface area contributed by atoms with Gasteiger partial charge in [0, 0.05) is 27.2 Å². The molecule has 2 heterocycles. The largest absolute Gasteiger partial charge is 0.454 e. The van der Waals surface area contributed by atoms with Crippen LogP contribution in [0.3, 0.4) is 0 Å². The molecule has 9 nitrogen and oxygen atoms in total. The molecule has 35 heavy (non-hydrogen) atoms. The second kappa shape index (κ2) is 9.90. The van der Waals surface area contributed by atoms with Crippen LogP contribution in [0, 0.1) is 11.3 Å². The first-order valence-electron chi connectivity index (χ1n) is 11.3. The Labute approximate surface area is 204 Å². The van der Waals surface area contributed by atoms with Crippen LogP contribution < -0.4 is 9.80 Å². The molecule has 2 aromatic rings. The van der Waals surface area contributed by atoms with Crippen LogP contribution in [0.15, 0.2) is 64.8 Å². The molecule has 0 atom stereocenters. The van der Waals surface area contributed by atoms with Crippen LogP contribution in [0.25, 0.3) is 0 Å². The van der Waals surface area contributed by atoms with Gasteiger partial charge in [0.05, 0.1) is 21.8 Å². The molecular weight excluding hydrogens is 468 g/mol. The first-order chi connectivity index (χ1) is 16.8. The fourth-order valence-corrected chi connectivity index (χ4v) is 6.14. The van der Waals surface area contributed by atoms with Crippen LogP contribution in [0.2, 0.25) is 0 Å². The Morgan fingerprint density at radius 2 is 1.51 bits per heavy atom. The Morgan fingerprint density at radius 3 is 2.11 bits per heavy atom. The summed E-state index contributed by atoms with van der Waals surface area (Å²) < 4.78 is 32.9. The van der Waals surface area contributed by atoms with Gasteiger partial charge in [0.15, 0.2) is 6.61 Å². The van der Waals surface area contributed by atoms with Crippen LogP contribution in [-0.2, 0) is 19.6 Å². The van der Waals surface area contributed by atoms with Crippen molar-refractivity contribution in [2.24, 2.45) is 0 Å². The maximum Gasteiger partial charge on any atom is 0.339 e. The molecule has 0 unspecified atom stereocenters. The van der Waals surface area contributed by atoms with Gasteiger partial charge >= 0.3 is 5.97 Å². The highest BCUT2D eigenvalue weighted by Gasteiger charge is 2.33. The molecule has 0 radical (unpaired) electrons. The molecule has 182 valence electrons. The number of nitriles is 1. The third kappa shape index (κ3) is 4.52. The van der Waals surface area contributed by atoms with Crippen LogP contribution >= 0.6 is 0 Å². The maximum absolute atomic E-state index is 13.1. The van der Waals surface area contributed by atoms with Crippen LogP contribution in [0.5, 0.6) is 0 Å². The molecule has 4 rings (SSSR count). The molecular formula is C25H26N4O5S. The molecule has 0 amide bonds. The lowest BCUT2D eigenvalue weighted by Gasteiger charge is -2.26. The summed E-state index contributed by atoms with van der Waals surface area (Å²) in [5.41, 5.74) is 1.37. The Morgan fingerprint density at radius 1 is 0.943 bits per heavy atom. The van der Waals surface area contributed by atoms with E-state index in [0.717, 1.165) is 30.6 Å².